The van der Waals surface area contributed by atoms with Crippen molar-refractivity contribution in [3.8, 4) is 0 Å². The number of nitrogens with two attached hydrogens (primary N) is 1. The molecular weight excluding hydrogens is 226 g/mol. The third-order valence-electron chi connectivity index (χ3n) is 3.60. The first-order valence-corrected chi connectivity index (χ1v) is 6.51. The Bertz CT molecular complexity index is 400. The van der Waals surface area contributed by atoms with Crippen molar-refractivity contribution >= 4 is 11.5 Å². The van der Waals surface area contributed by atoms with Crippen LogP contribution in [0, 0.1) is 11.3 Å². The van der Waals surface area contributed by atoms with E-state index in [0.717, 1.165) is 25.1 Å². The topological polar surface area (TPSA) is 73.3 Å². The van der Waals surface area contributed by atoms with Crippen LogP contribution in [0.4, 0.5) is 5.69 Å². The van der Waals surface area contributed by atoms with Crippen LogP contribution in [0.5, 0.6) is 0 Å². The highest BCUT2D eigenvalue weighted by Gasteiger charge is 2.19. The predicted molar refractivity (Wildman–Crippen MR) is 74.1 cm³/mol. The summed E-state index contributed by atoms with van der Waals surface area (Å²) in [5.41, 5.74) is 7.40. The predicted octanol–water partition coefficient (Wildman–Crippen LogP) is 1.57. The standard InChI is InChI=1S/C14H21N3O/c15-14(16)12-3-5-13(6-4-12)17-8-1-2-11(10-17)7-9-18/h3-6,11,18H,1-2,7-10H2,(H3,15,16). The molecule has 1 atom stereocenters. The first-order valence-electron chi connectivity index (χ1n) is 6.51. The second kappa shape index (κ2) is 5.87. The van der Waals surface area contributed by atoms with Crippen molar-refractivity contribution in [2.45, 2.75) is 19.3 Å². The summed E-state index contributed by atoms with van der Waals surface area (Å²) in [5.74, 6) is 0.703. The zero-order valence-corrected chi connectivity index (χ0v) is 10.6. The monoisotopic (exact) mass is 247 g/mol. The lowest BCUT2D eigenvalue weighted by Crippen LogP contribution is -2.35. The van der Waals surface area contributed by atoms with E-state index in [1.165, 1.54) is 18.5 Å². The third kappa shape index (κ3) is 3.01. The van der Waals surface area contributed by atoms with Crippen molar-refractivity contribution in [3.05, 3.63) is 29.8 Å². The molecule has 4 N–H and O–H groups in total. The Kier molecular flexibility index (Phi) is 4.20. The van der Waals surface area contributed by atoms with E-state index in [0.29, 0.717) is 5.92 Å². The normalized spacial score (nSPS) is 19.8. The number of aliphatic hydroxyl groups is 1. The first kappa shape index (κ1) is 12.9. The highest BCUT2D eigenvalue weighted by molar-refractivity contribution is 5.95. The number of hydrogen-bond donors (Lipinski definition) is 3. The minimum Gasteiger partial charge on any atom is -0.396 e. The van der Waals surface area contributed by atoms with Gasteiger partial charge in [0.05, 0.1) is 0 Å². The van der Waals surface area contributed by atoms with E-state index in [2.05, 4.69) is 4.90 Å². The Labute approximate surface area is 108 Å². The van der Waals surface area contributed by atoms with Gasteiger partial charge in [0.2, 0.25) is 0 Å². The van der Waals surface area contributed by atoms with Gasteiger partial charge in [0, 0.05) is 30.9 Å². The molecule has 0 radical (unpaired) electrons. The number of nitrogen functional groups attached to an aromatic ring is 1. The molecule has 18 heavy (non-hydrogen) atoms. The van der Waals surface area contributed by atoms with Gasteiger partial charge < -0.3 is 15.7 Å². The number of rotatable bonds is 4. The average Bonchev–Trinajstić information content (AvgIpc) is 2.39. The van der Waals surface area contributed by atoms with Crippen LogP contribution in [0.3, 0.4) is 0 Å². The maximum atomic E-state index is 9.02. The Morgan fingerprint density at radius 3 is 2.72 bits per heavy atom. The lowest BCUT2D eigenvalue weighted by molar-refractivity contribution is 0.244. The van der Waals surface area contributed by atoms with E-state index in [-0.39, 0.29) is 12.4 Å². The van der Waals surface area contributed by atoms with Crippen molar-refractivity contribution in [1.82, 2.24) is 0 Å². The molecule has 1 unspecified atom stereocenters. The number of benzene rings is 1. The number of amidine groups is 1. The number of nitrogens with one attached hydrogen (secondary N) is 1. The van der Waals surface area contributed by atoms with Gasteiger partial charge in [0.15, 0.2) is 0 Å². The fourth-order valence-electron chi connectivity index (χ4n) is 2.57. The van der Waals surface area contributed by atoms with E-state index in [4.69, 9.17) is 16.2 Å². The Morgan fingerprint density at radius 2 is 2.11 bits per heavy atom. The van der Waals surface area contributed by atoms with Crippen LogP contribution in [-0.2, 0) is 0 Å². The van der Waals surface area contributed by atoms with Crippen molar-refractivity contribution < 1.29 is 5.11 Å². The zero-order chi connectivity index (χ0) is 13.0. The minimum atomic E-state index is 0.110. The van der Waals surface area contributed by atoms with Crippen LogP contribution in [0.25, 0.3) is 0 Å². The van der Waals surface area contributed by atoms with Crippen LogP contribution in [0.15, 0.2) is 24.3 Å². The van der Waals surface area contributed by atoms with Crippen molar-refractivity contribution in [2.24, 2.45) is 11.7 Å². The van der Waals surface area contributed by atoms with Crippen LogP contribution in [0.2, 0.25) is 0 Å². The van der Waals surface area contributed by atoms with E-state index in [9.17, 15) is 0 Å². The Hall–Kier alpha value is -1.55. The number of nitrogens with zero attached hydrogens (tertiary/aromatic N) is 1. The molecule has 2 rings (SSSR count). The van der Waals surface area contributed by atoms with E-state index in [1.54, 1.807) is 0 Å². The molecule has 4 nitrogen and oxygen atoms in total. The SMILES string of the molecule is N=C(N)c1ccc(N2CCCC(CCO)C2)cc1. The van der Waals surface area contributed by atoms with Crippen molar-refractivity contribution in [1.29, 1.82) is 5.41 Å². The number of aliphatic hydroxyl groups excluding tert-OH is 1. The van der Waals surface area contributed by atoms with E-state index >= 15 is 0 Å². The molecule has 1 heterocycles. The van der Waals surface area contributed by atoms with Gasteiger partial charge in [-0.05, 0) is 49.4 Å². The maximum absolute atomic E-state index is 9.02. The smallest absolute Gasteiger partial charge is 0.122 e. The largest absolute Gasteiger partial charge is 0.396 e. The molecule has 0 spiro atoms. The average molecular weight is 247 g/mol. The second-order valence-corrected chi connectivity index (χ2v) is 4.93. The van der Waals surface area contributed by atoms with Gasteiger partial charge in [-0.2, -0.15) is 0 Å². The summed E-state index contributed by atoms with van der Waals surface area (Å²) in [4.78, 5) is 2.35. The van der Waals surface area contributed by atoms with E-state index < -0.39 is 0 Å². The quantitative estimate of drug-likeness (QED) is 0.558. The molecule has 0 amide bonds. The van der Waals surface area contributed by atoms with Crippen molar-refractivity contribution in [2.75, 3.05) is 24.6 Å². The first-order chi connectivity index (χ1) is 8.70. The van der Waals surface area contributed by atoms with Gasteiger partial charge in [0.25, 0.3) is 0 Å². The van der Waals surface area contributed by atoms with Gasteiger partial charge in [-0.25, -0.2) is 0 Å². The molecule has 0 saturated carbocycles. The summed E-state index contributed by atoms with van der Waals surface area (Å²) >= 11 is 0. The lowest BCUT2D eigenvalue weighted by Gasteiger charge is -2.34. The third-order valence-corrected chi connectivity index (χ3v) is 3.60. The molecule has 1 aliphatic rings. The second-order valence-electron chi connectivity index (χ2n) is 4.93. The fraction of sp³-hybridized carbons (Fsp3) is 0.500. The van der Waals surface area contributed by atoms with Crippen LogP contribution >= 0.6 is 0 Å². The van der Waals surface area contributed by atoms with E-state index in [1.807, 2.05) is 24.3 Å². The molecule has 0 aromatic heterocycles. The molecule has 0 bridgehead atoms. The van der Waals surface area contributed by atoms with Gasteiger partial charge in [-0.1, -0.05) is 0 Å². The van der Waals surface area contributed by atoms with Gasteiger partial charge in [-0.15, -0.1) is 0 Å². The van der Waals surface area contributed by atoms with Gasteiger partial charge >= 0.3 is 0 Å². The number of hydrogen-bond acceptors (Lipinski definition) is 3. The number of piperidine rings is 1. The Balaban J connectivity index is 2.04. The summed E-state index contributed by atoms with van der Waals surface area (Å²) < 4.78 is 0. The van der Waals surface area contributed by atoms with Crippen molar-refractivity contribution in [3.63, 3.8) is 0 Å². The molecule has 1 fully saturated rings. The molecule has 98 valence electrons. The summed E-state index contributed by atoms with van der Waals surface area (Å²) in [6.07, 6.45) is 3.28. The van der Waals surface area contributed by atoms with Gasteiger partial charge in [0.1, 0.15) is 5.84 Å². The molecule has 1 aromatic rings. The highest BCUT2D eigenvalue weighted by atomic mass is 16.3. The molecular formula is C14H21N3O. The van der Waals surface area contributed by atoms with Crippen LogP contribution < -0.4 is 10.6 Å². The van der Waals surface area contributed by atoms with Crippen LogP contribution in [-0.4, -0.2) is 30.6 Å². The van der Waals surface area contributed by atoms with Gasteiger partial charge in [-0.3, -0.25) is 5.41 Å². The minimum absolute atomic E-state index is 0.110. The number of anilines is 1. The maximum Gasteiger partial charge on any atom is 0.122 e. The summed E-state index contributed by atoms with van der Waals surface area (Å²) in [5, 5.41) is 16.4. The molecule has 1 aliphatic heterocycles. The van der Waals surface area contributed by atoms with Crippen LogP contribution in [0.1, 0.15) is 24.8 Å². The highest BCUT2D eigenvalue weighted by Crippen LogP contribution is 2.25. The summed E-state index contributed by atoms with van der Waals surface area (Å²) in [7, 11) is 0. The molecule has 1 aromatic carbocycles. The lowest BCUT2D eigenvalue weighted by atomic mass is 9.94. The fourth-order valence-corrected chi connectivity index (χ4v) is 2.57. The zero-order valence-electron chi connectivity index (χ0n) is 10.6. The molecule has 0 aliphatic carbocycles. The summed E-state index contributed by atoms with van der Waals surface area (Å²) in [6.45, 7) is 2.36. The molecule has 1 saturated heterocycles. The summed E-state index contributed by atoms with van der Waals surface area (Å²) in [6, 6.07) is 7.84. The molecule has 4 heteroatoms. The Morgan fingerprint density at radius 1 is 1.39 bits per heavy atom.